The molecule has 2 N–H and O–H groups in total. The number of amides is 2. The van der Waals surface area contributed by atoms with Crippen LogP contribution >= 0.6 is 11.3 Å². The first kappa shape index (κ1) is 13.7. The van der Waals surface area contributed by atoms with Crippen LogP contribution in [0, 0.1) is 6.92 Å². The SMILES string of the molecule is Cc1nc2cc(NC(=O)Nc3nc4ccccc4s3)ccc2o1. The van der Waals surface area contributed by atoms with Crippen LogP contribution in [0.1, 0.15) is 5.89 Å². The molecule has 4 aromatic rings. The average Bonchev–Trinajstić information content (AvgIpc) is 3.07. The second-order valence-electron chi connectivity index (χ2n) is 4.98. The Balaban J connectivity index is 1.51. The summed E-state index contributed by atoms with van der Waals surface area (Å²) < 4.78 is 6.44. The predicted molar refractivity (Wildman–Crippen MR) is 91.0 cm³/mol. The fourth-order valence-electron chi connectivity index (χ4n) is 2.31. The number of nitrogens with one attached hydrogen (secondary N) is 2. The molecule has 0 aliphatic rings. The van der Waals surface area contributed by atoms with Gasteiger partial charge in [-0.15, -0.1) is 0 Å². The molecule has 0 atom stereocenters. The van der Waals surface area contributed by atoms with Gasteiger partial charge in [-0.05, 0) is 30.3 Å². The smallest absolute Gasteiger partial charge is 0.325 e. The van der Waals surface area contributed by atoms with Gasteiger partial charge in [-0.1, -0.05) is 23.5 Å². The molecule has 0 bridgehead atoms. The van der Waals surface area contributed by atoms with Crippen molar-refractivity contribution < 1.29 is 9.21 Å². The van der Waals surface area contributed by atoms with E-state index in [1.807, 2.05) is 24.3 Å². The number of benzene rings is 2. The topological polar surface area (TPSA) is 80.0 Å². The Morgan fingerprint density at radius 2 is 1.96 bits per heavy atom. The summed E-state index contributed by atoms with van der Waals surface area (Å²) in [4.78, 5) is 20.7. The highest BCUT2D eigenvalue weighted by Crippen LogP contribution is 2.25. The van der Waals surface area contributed by atoms with Crippen LogP contribution in [0.3, 0.4) is 0 Å². The largest absolute Gasteiger partial charge is 0.441 e. The van der Waals surface area contributed by atoms with E-state index in [1.54, 1.807) is 25.1 Å². The van der Waals surface area contributed by atoms with Crippen molar-refractivity contribution in [3.63, 3.8) is 0 Å². The Hall–Kier alpha value is -2.93. The number of carbonyl (C=O) groups is 1. The van der Waals surface area contributed by atoms with Gasteiger partial charge in [0.2, 0.25) is 0 Å². The number of thiazole rings is 1. The molecule has 0 spiro atoms. The number of hydrogen-bond acceptors (Lipinski definition) is 5. The van der Waals surface area contributed by atoms with Crippen LogP contribution in [0.15, 0.2) is 46.9 Å². The van der Waals surface area contributed by atoms with Crippen molar-refractivity contribution in [2.75, 3.05) is 10.6 Å². The quantitative estimate of drug-likeness (QED) is 0.573. The molecular formula is C16H12N4O2S. The summed E-state index contributed by atoms with van der Waals surface area (Å²) in [5.41, 5.74) is 2.91. The van der Waals surface area contributed by atoms with Crippen LogP contribution in [-0.2, 0) is 0 Å². The molecule has 0 saturated heterocycles. The van der Waals surface area contributed by atoms with Crippen molar-refractivity contribution in [3.05, 3.63) is 48.4 Å². The zero-order valence-electron chi connectivity index (χ0n) is 12.2. The average molecular weight is 324 g/mol. The monoisotopic (exact) mass is 324 g/mol. The molecule has 23 heavy (non-hydrogen) atoms. The van der Waals surface area contributed by atoms with Crippen molar-refractivity contribution in [3.8, 4) is 0 Å². The molecule has 0 aliphatic carbocycles. The van der Waals surface area contributed by atoms with E-state index in [-0.39, 0.29) is 6.03 Å². The third kappa shape index (κ3) is 2.74. The lowest BCUT2D eigenvalue weighted by Gasteiger charge is -2.04. The first-order valence-electron chi connectivity index (χ1n) is 6.98. The van der Waals surface area contributed by atoms with Crippen LogP contribution in [0.25, 0.3) is 21.3 Å². The molecule has 0 saturated carbocycles. The van der Waals surface area contributed by atoms with Gasteiger partial charge in [-0.3, -0.25) is 5.32 Å². The van der Waals surface area contributed by atoms with Gasteiger partial charge in [0.25, 0.3) is 0 Å². The maximum Gasteiger partial charge on any atom is 0.325 e. The number of rotatable bonds is 2. The molecule has 7 heteroatoms. The number of anilines is 2. The molecule has 0 aliphatic heterocycles. The molecule has 4 rings (SSSR count). The van der Waals surface area contributed by atoms with E-state index >= 15 is 0 Å². The van der Waals surface area contributed by atoms with E-state index in [4.69, 9.17) is 4.42 Å². The van der Waals surface area contributed by atoms with Crippen molar-refractivity contribution in [2.24, 2.45) is 0 Å². The molecule has 6 nitrogen and oxygen atoms in total. The number of oxazole rings is 1. The molecule has 0 fully saturated rings. The van der Waals surface area contributed by atoms with E-state index in [0.717, 1.165) is 10.2 Å². The standard InChI is InChI=1S/C16H12N4O2S/c1-9-17-12-8-10(6-7-13(12)22-9)18-15(21)20-16-19-11-4-2-3-5-14(11)23-16/h2-8H,1H3,(H2,18,19,20,21). The van der Waals surface area contributed by atoms with Gasteiger partial charge in [-0.2, -0.15) is 0 Å². The van der Waals surface area contributed by atoms with Gasteiger partial charge < -0.3 is 9.73 Å². The van der Waals surface area contributed by atoms with Gasteiger partial charge in [0, 0.05) is 12.6 Å². The minimum atomic E-state index is -0.344. The number of nitrogens with zero attached hydrogens (tertiary/aromatic N) is 2. The normalized spacial score (nSPS) is 11.0. The lowest BCUT2D eigenvalue weighted by molar-refractivity contribution is 0.262. The molecule has 114 valence electrons. The number of carbonyl (C=O) groups excluding carboxylic acids is 1. The zero-order valence-corrected chi connectivity index (χ0v) is 13.0. The molecule has 0 radical (unpaired) electrons. The second kappa shape index (κ2) is 5.36. The van der Waals surface area contributed by atoms with Crippen LogP contribution in [-0.4, -0.2) is 16.0 Å². The maximum absolute atomic E-state index is 12.1. The second-order valence-corrected chi connectivity index (χ2v) is 6.01. The Kier molecular flexibility index (Phi) is 3.20. The van der Waals surface area contributed by atoms with Crippen LogP contribution in [0.4, 0.5) is 15.6 Å². The van der Waals surface area contributed by atoms with Crippen molar-refractivity contribution in [1.29, 1.82) is 0 Å². The Morgan fingerprint density at radius 3 is 2.83 bits per heavy atom. The third-order valence-corrected chi connectivity index (χ3v) is 4.22. The number of aryl methyl sites for hydroxylation is 1. The zero-order chi connectivity index (χ0) is 15.8. The Bertz CT molecular complexity index is 988. The summed E-state index contributed by atoms with van der Waals surface area (Å²) in [6, 6.07) is 12.7. The minimum absolute atomic E-state index is 0.344. The molecular weight excluding hydrogens is 312 g/mol. The van der Waals surface area contributed by atoms with Crippen molar-refractivity contribution in [2.45, 2.75) is 6.92 Å². The molecule has 2 heterocycles. The Morgan fingerprint density at radius 1 is 1.09 bits per heavy atom. The summed E-state index contributed by atoms with van der Waals surface area (Å²) in [6.45, 7) is 1.78. The van der Waals surface area contributed by atoms with Gasteiger partial charge in [0.1, 0.15) is 5.52 Å². The summed E-state index contributed by atoms with van der Waals surface area (Å²) in [7, 11) is 0. The van der Waals surface area contributed by atoms with E-state index < -0.39 is 0 Å². The number of aromatic nitrogens is 2. The fraction of sp³-hybridized carbons (Fsp3) is 0.0625. The van der Waals surface area contributed by atoms with E-state index in [0.29, 0.717) is 27.8 Å². The molecule has 2 aromatic carbocycles. The molecule has 2 amide bonds. The molecule has 2 aromatic heterocycles. The van der Waals surface area contributed by atoms with Crippen LogP contribution in [0.2, 0.25) is 0 Å². The first-order valence-corrected chi connectivity index (χ1v) is 7.80. The molecule has 0 unspecified atom stereocenters. The fourth-order valence-corrected chi connectivity index (χ4v) is 3.17. The van der Waals surface area contributed by atoms with E-state index in [2.05, 4.69) is 20.6 Å². The lowest BCUT2D eigenvalue weighted by atomic mass is 10.3. The van der Waals surface area contributed by atoms with Crippen LogP contribution in [0.5, 0.6) is 0 Å². The highest BCUT2D eigenvalue weighted by Gasteiger charge is 2.09. The van der Waals surface area contributed by atoms with E-state index in [9.17, 15) is 4.79 Å². The lowest BCUT2D eigenvalue weighted by Crippen LogP contribution is -2.19. The van der Waals surface area contributed by atoms with Gasteiger partial charge in [0.05, 0.1) is 10.2 Å². The van der Waals surface area contributed by atoms with Crippen molar-refractivity contribution >= 4 is 49.5 Å². The minimum Gasteiger partial charge on any atom is -0.441 e. The summed E-state index contributed by atoms with van der Waals surface area (Å²) >= 11 is 1.43. The highest BCUT2D eigenvalue weighted by atomic mass is 32.1. The number of urea groups is 1. The van der Waals surface area contributed by atoms with Crippen molar-refractivity contribution in [1.82, 2.24) is 9.97 Å². The summed E-state index contributed by atoms with van der Waals surface area (Å²) in [6.07, 6.45) is 0. The van der Waals surface area contributed by atoms with E-state index in [1.165, 1.54) is 11.3 Å². The summed E-state index contributed by atoms with van der Waals surface area (Å²) in [5.74, 6) is 0.594. The van der Waals surface area contributed by atoms with Crippen LogP contribution < -0.4 is 10.6 Å². The number of para-hydroxylation sites is 1. The number of fused-ring (bicyclic) bond motifs is 2. The first-order chi connectivity index (χ1) is 11.2. The van der Waals surface area contributed by atoms with Gasteiger partial charge >= 0.3 is 6.03 Å². The Labute approximate surface area is 135 Å². The predicted octanol–water partition coefficient (Wildman–Crippen LogP) is 4.39. The van der Waals surface area contributed by atoms with Gasteiger partial charge in [0.15, 0.2) is 16.6 Å². The highest BCUT2D eigenvalue weighted by molar-refractivity contribution is 7.22. The third-order valence-electron chi connectivity index (χ3n) is 3.27. The van der Waals surface area contributed by atoms with Gasteiger partial charge in [-0.25, -0.2) is 14.8 Å². The maximum atomic E-state index is 12.1. The summed E-state index contributed by atoms with van der Waals surface area (Å²) in [5, 5.41) is 6.08. The number of hydrogen-bond donors (Lipinski definition) is 2.